The van der Waals surface area contributed by atoms with Crippen molar-refractivity contribution in [3.05, 3.63) is 68.7 Å². The monoisotopic (exact) mass is 319 g/mol. The van der Waals surface area contributed by atoms with E-state index < -0.39 is 0 Å². The van der Waals surface area contributed by atoms with Gasteiger partial charge in [0.2, 0.25) is 0 Å². The molecule has 21 heavy (non-hydrogen) atoms. The van der Waals surface area contributed by atoms with Crippen LogP contribution < -0.4 is 5.32 Å². The molecule has 0 saturated heterocycles. The van der Waals surface area contributed by atoms with Crippen LogP contribution in [0.2, 0.25) is 10.0 Å². The fourth-order valence-electron chi connectivity index (χ4n) is 3.07. The van der Waals surface area contributed by atoms with Gasteiger partial charge in [0.05, 0.1) is 10.0 Å². The zero-order valence-electron chi connectivity index (χ0n) is 12.3. The quantitative estimate of drug-likeness (QED) is 0.771. The molecular weight excluding hydrogens is 301 g/mol. The first-order chi connectivity index (χ1) is 10.0. The van der Waals surface area contributed by atoms with Crippen molar-refractivity contribution in [1.29, 1.82) is 0 Å². The minimum Gasteiger partial charge on any atom is -0.303 e. The number of rotatable bonds is 3. The third-order valence-corrected chi connectivity index (χ3v) is 5.01. The van der Waals surface area contributed by atoms with Crippen LogP contribution in [0.15, 0.2) is 36.4 Å². The highest BCUT2D eigenvalue weighted by Crippen LogP contribution is 2.34. The first kappa shape index (κ1) is 14.9. The molecule has 1 aliphatic rings. The molecule has 0 fully saturated rings. The molecule has 3 heteroatoms. The molecule has 0 amide bonds. The van der Waals surface area contributed by atoms with Crippen LogP contribution in [0.4, 0.5) is 0 Å². The lowest BCUT2D eigenvalue weighted by Gasteiger charge is -2.21. The molecule has 0 aromatic heterocycles. The summed E-state index contributed by atoms with van der Waals surface area (Å²) in [6.07, 6.45) is 2.31. The predicted octanol–water partition coefficient (Wildman–Crippen LogP) is 5.64. The molecule has 0 spiro atoms. The summed E-state index contributed by atoms with van der Waals surface area (Å²) in [5.74, 6) is 0. The van der Waals surface area contributed by atoms with Crippen molar-refractivity contribution in [3.63, 3.8) is 0 Å². The van der Waals surface area contributed by atoms with Crippen LogP contribution in [0.5, 0.6) is 0 Å². The Morgan fingerprint density at radius 2 is 1.90 bits per heavy atom. The Labute approximate surface area is 136 Å². The maximum Gasteiger partial charge on any atom is 0.0595 e. The lowest BCUT2D eigenvalue weighted by molar-refractivity contribution is 0.465. The molecule has 0 heterocycles. The Morgan fingerprint density at radius 3 is 2.67 bits per heavy atom. The van der Waals surface area contributed by atoms with Gasteiger partial charge in [0.1, 0.15) is 0 Å². The van der Waals surface area contributed by atoms with Crippen molar-refractivity contribution < 1.29 is 0 Å². The molecule has 1 nitrogen and oxygen atoms in total. The number of nitrogens with one attached hydrogen (secondary N) is 1. The maximum absolute atomic E-state index is 6.12. The van der Waals surface area contributed by atoms with E-state index in [1.54, 1.807) is 0 Å². The van der Waals surface area contributed by atoms with E-state index in [9.17, 15) is 0 Å². The lowest BCUT2D eigenvalue weighted by atomic mass is 10.0. The molecule has 2 aromatic carbocycles. The summed E-state index contributed by atoms with van der Waals surface area (Å²) in [5.41, 5.74) is 5.41. The van der Waals surface area contributed by atoms with Gasteiger partial charge in [0, 0.05) is 12.1 Å². The van der Waals surface area contributed by atoms with Crippen molar-refractivity contribution in [2.24, 2.45) is 0 Å². The molecule has 2 atom stereocenters. The van der Waals surface area contributed by atoms with E-state index in [1.807, 2.05) is 18.2 Å². The van der Waals surface area contributed by atoms with Gasteiger partial charge in [-0.05, 0) is 55.5 Å². The van der Waals surface area contributed by atoms with Crippen LogP contribution in [-0.4, -0.2) is 0 Å². The average molecular weight is 320 g/mol. The SMILES string of the molecule is Cc1ccc2c(c1)C(NC(C)c1ccc(Cl)c(Cl)c1)CC2. The van der Waals surface area contributed by atoms with Gasteiger partial charge >= 0.3 is 0 Å². The van der Waals surface area contributed by atoms with Crippen LogP contribution in [-0.2, 0) is 6.42 Å². The van der Waals surface area contributed by atoms with Gasteiger partial charge in [-0.25, -0.2) is 0 Å². The first-order valence-corrected chi connectivity index (χ1v) is 8.10. The minimum absolute atomic E-state index is 0.247. The Bertz CT molecular complexity index is 666. The normalized spacial score (nSPS) is 18.6. The fourth-order valence-corrected chi connectivity index (χ4v) is 3.38. The summed E-state index contributed by atoms with van der Waals surface area (Å²) in [5, 5.41) is 4.95. The molecular formula is C18H19Cl2N. The molecule has 0 aliphatic heterocycles. The second-order valence-corrected chi connectivity index (χ2v) is 6.67. The molecule has 3 rings (SSSR count). The Kier molecular flexibility index (Phi) is 4.26. The van der Waals surface area contributed by atoms with E-state index in [0.29, 0.717) is 16.1 Å². The lowest BCUT2D eigenvalue weighted by Crippen LogP contribution is -2.23. The van der Waals surface area contributed by atoms with E-state index in [4.69, 9.17) is 23.2 Å². The molecule has 2 unspecified atom stereocenters. The zero-order valence-corrected chi connectivity index (χ0v) is 13.8. The highest BCUT2D eigenvalue weighted by molar-refractivity contribution is 6.42. The second kappa shape index (κ2) is 6.00. The van der Waals surface area contributed by atoms with Crippen LogP contribution >= 0.6 is 23.2 Å². The summed E-state index contributed by atoms with van der Waals surface area (Å²) in [6, 6.07) is 13.3. The molecule has 0 saturated carbocycles. The number of benzene rings is 2. The van der Waals surface area contributed by atoms with E-state index in [0.717, 1.165) is 12.8 Å². The highest BCUT2D eigenvalue weighted by Gasteiger charge is 2.24. The average Bonchev–Trinajstić information content (AvgIpc) is 2.84. The number of hydrogen-bond acceptors (Lipinski definition) is 1. The highest BCUT2D eigenvalue weighted by atomic mass is 35.5. The van der Waals surface area contributed by atoms with Crippen molar-refractivity contribution in [3.8, 4) is 0 Å². The summed E-state index contributed by atoms with van der Waals surface area (Å²) in [4.78, 5) is 0. The van der Waals surface area contributed by atoms with Gasteiger partial charge in [-0.3, -0.25) is 0 Å². The van der Waals surface area contributed by atoms with E-state index in [-0.39, 0.29) is 6.04 Å². The molecule has 110 valence electrons. The van der Waals surface area contributed by atoms with Gasteiger partial charge in [-0.15, -0.1) is 0 Å². The third kappa shape index (κ3) is 3.11. The van der Waals surface area contributed by atoms with Crippen LogP contribution in [0, 0.1) is 6.92 Å². The summed E-state index contributed by atoms with van der Waals surface area (Å²) in [6.45, 7) is 4.32. The van der Waals surface area contributed by atoms with Gasteiger partial charge in [-0.1, -0.05) is 53.0 Å². The van der Waals surface area contributed by atoms with E-state index in [1.165, 1.54) is 22.3 Å². The molecule has 1 aliphatic carbocycles. The van der Waals surface area contributed by atoms with Crippen molar-refractivity contribution in [2.75, 3.05) is 0 Å². The standard InChI is InChI=1S/C18H19Cl2N/c1-11-3-4-13-6-8-18(15(13)9-11)21-12(2)14-5-7-16(19)17(20)10-14/h3-5,7,9-10,12,18,21H,6,8H2,1-2H3. The number of fused-ring (bicyclic) bond motifs is 1. The molecule has 0 bridgehead atoms. The summed E-state index contributed by atoms with van der Waals surface area (Å²) >= 11 is 12.1. The number of hydrogen-bond donors (Lipinski definition) is 1. The van der Waals surface area contributed by atoms with Crippen LogP contribution in [0.1, 0.15) is 47.7 Å². The smallest absolute Gasteiger partial charge is 0.0595 e. The van der Waals surface area contributed by atoms with Gasteiger partial charge in [-0.2, -0.15) is 0 Å². The maximum atomic E-state index is 6.12. The summed E-state index contributed by atoms with van der Waals surface area (Å²) < 4.78 is 0. The largest absolute Gasteiger partial charge is 0.303 e. The van der Waals surface area contributed by atoms with Crippen LogP contribution in [0.25, 0.3) is 0 Å². The summed E-state index contributed by atoms with van der Waals surface area (Å²) in [7, 11) is 0. The Morgan fingerprint density at radius 1 is 1.10 bits per heavy atom. The van der Waals surface area contributed by atoms with Crippen molar-refractivity contribution in [1.82, 2.24) is 5.32 Å². The Balaban J connectivity index is 1.79. The predicted molar refractivity (Wildman–Crippen MR) is 90.3 cm³/mol. The molecule has 1 N–H and O–H groups in total. The van der Waals surface area contributed by atoms with Gasteiger partial charge in [0.15, 0.2) is 0 Å². The third-order valence-electron chi connectivity index (χ3n) is 4.27. The molecule has 0 radical (unpaired) electrons. The molecule has 2 aromatic rings. The first-order valence-electron chi connectivity index (χ1n) is 7.35. The van der Waals surface area contributed by atoms with Gasteiger partial charge < -0.3 is 5.32 Å². The topological polar surface area (TPSA) is 12.0 Å². The van der Waals surface area contributed by atoms with E-state index >= 15 is 0 Å². The van der Waals surface area contributed by atoms with Crippen LogP contribution in [0.3, 0.4) is 0 Å². The second-order valence-electron chi connectivity index (χ2n) is 5.86. The Hall–Kier alpha value is -1.02. The fraction of sp³-hybridized carbons (Fsp3) is 0.333. The van der Waals surface area contributed by atoms with Crippen molar-refractivity contribution >= 4 is 23.2 Å². The number of aryl methyl sites for hydroxylation is 2. The van der Waals surface area contributed by atoms with E-state index in [2.05, 4.69) is 37.4 Å². The zero-order chi connectivity index (χ0) is 15.0. The van der Waals surface area contributed by atoms with Crippen molar-refractivity contribution in [2.45, 2.75) is 38.8 Å². The minimum atomic E-state index is 0.247. The number of halogens is 2. The van der Waals surface area contributed by atoms with Gasteiger partial charge in [0.25, 0.3) is 0 Å².